The second-order valence-electron chi connectivity index (χ2n) is 5.26. The number of nitrogens with zero attached hydrogens (tertiary/aromatic N) is 2. The minimum absolute atomic E-state index is 0.0239. The molecular formula is C17H20I2N2O3. The minimum Gasteiger partial charge on any atom is -0.507 e. The molecule has 2 aromatic rings. The van der Waals surface area contributed by atoms with E-state index < -0.39 is 0 Å². The van der Waals surface area contributed by atoms with Gasteiger partial charge in [-0.1, -0.05) is 6.07 Å². The van der Waals surface area contributed by atoms with Gasteiger partial charge in [-0.3, -0.25) is 9.88 Å². The molecule has 0 spiro atoms. The molecule has 1 heterocycles. The maximum atomic E-state index is 10.3. The molecule has 0 aliphatic carbocycles. The summed E-state index contributed by atoms with van der Waals surface area (Å²) in [5.41, 5.74) is 1.86. The molecule has 2 N–H and O–H groups in total. The molecule has 5 nitrogen and oxygen atoms in total. The lowest BCUT2D eigenvalue weighted by molar-refractivity contribution is 0.0698. The predicted molar refractivity (Wildman–Crippen MR) is 110 cm³/mol. The highest BCUT2D eigenvalue weighted by molar-refractivity contribution is 14.1. The zero-order valence-electron chi connectivity index (χ0n) is 13.2. The molecule has 0 unspecified atom stereocenters. The molecule has 0 saturated carbocycles. The summed E-state index contributed by atoms with van der Waals surface area (Å²) in [5, 5.41) is 19.1. The van der Waals surface area contributed by atoms with Gasteiger partial charge in [0.15, 0.2) is 0 Å². The van der Waals surface area contributed by atoms with Crippen molar-refractivity contribution in [2.45, 2.75) is 13.1 Å². The Hall–Kier alpha value is -0.490. The number of pyridine rings is 1. The average molecular weight is 554 g/mol. The van der Waals surface area contributed by atoms with Gasteiger partial charge in [-0.15, -0.1) is 0 Å². The predicted octanol–water partition coefficient (Wildman–Crippen LogP) is 3.01. The molecule has 130 valence electrons. The first kappa shape index (κ1) is 19.8. The fraction of sp³-hybridized carbons (Fsp3) is 0.353. The van der Waals surface area contributed by atoms with Crippen LogP contribution >= 0.6 is 45.2 Å². The average Bonchev–Trinajstić information content (AvgIpc) is 2.57. The van der Waals surface area contributed by atoms with Crippen LogP contribution in [0.1, 0.15) is 11.3 Å². The van der Waals surface area contributed by atoms with Crippen molar-refractivity contribution in [3.63, 3.8) is 0 Å². The van der Waals surface area contributed by atoms with Crippen molar-refractivity contribution in [1.29, 1.82) is 0 Å². The SMILES string of the molecule is OCCOCCN(Cc1ccccn1)Cc1cc(I)cc(I)c1O. The van der Waals surface area contributed by atoms with Gasteiger partial charge in [-0.05, 0) is 69.4 Å². The van der Waals surface area contributed by atoms with E-state index in [0.717, 1.165) is 18.4 Å². The smallest absolute Gasteiger partial charge is 0.133 e. The van der Waals surface area contributed by atoms with Crippen LogP contribution in [-0.4, -0.2) is 46.5 Å². The highest BCUT2D eigenvalue weighted by Gasteiger charge is 2.13. The number of benzene rings is 1. The molecule has 0 bridgehead atoms. The Bertz CT molecular complexity index is 641. The summed E-state index contributed by atoms with van der Waals surface area (Å²) < 4.78 is 7.34. The van der Waals surface area contributed by atoms with Crippen LogP contribution in [0.2, 0.25) is 0 Å². The van der Waals surface area contributed by atoms with Crippen LogP contribution in [0.3, 0.4) is 0 Å². The third kappa shape index (κ3) is 6.43. The molecule has 0 aliphatic rings. The Balaban J connectivity index is 2.09. The van der Waals surface area contributed by atoms with E-state index in [9.17, 15) is 5.11 Å². The van der Waals surface area contributed by atoms with Gasteiger partial charge in [-0.25, -0.2) is 0 Å². The van der Waals surface area contributed by atoms with Crippen molar-refractivity contribution in [3.8, 4) is 5.75 Å². The second-order valence-corrected chi connectivity index (χ2v) is 7.67. The zero-order chi connectivity index (χ0) is 17.4. The summed E-state index contributed by atoms with van der Waals surface area (Å²) in [7, 11) is 0. The fourth-order valence-electron chi connectivity index (χ4n) is 2.28. The Morgan fingerprint density at radius 1 is 1.12 bits per heavy atom. The maximum Gasteiger partial charge on any atom is 0.133 e. The van der Waals surface area contributed by atoms with Crippen LogP contribution in [0.4, 0.5) is 0 Å². The number of rotatable bonds is 9. The van der Waals surface area contributed by atoms with E-state index in [1.54, 1.807) is 6.20 Å². The van der Waals surface area contributed by atoms with Gasteiger partial charge in [0.05, 0.1) is 29.1 Å². The highest BCUT2D eigenvalue weighted by Crippen LogP contribution is 2.28. The lowest BCUT2D eigenvalue weighted by Crippen LogP contribution is -2.27. The standard InChI is InChI=1S/C17H20I2N2O3/c18-14-9-13(17(23)16(19)10-14)11-21(5-7-24-8-6-22)12-15-3-1-2-4-20-15/h1-4,9-10,22-23H,5-8,11-12H2. The highest BCUT2D eigenvalue weighted by atomic mass is 127. The Kier molecular flexibility index (Phi) is 8.67. The number of hydrogen-bond acceptors (Lipinski definition) is 5. The van der Waals surface area contributed by atoms with Crippen LogP contribution < -0.4 is 0 Å². The topological polar surface area (TPSA) is 65.8 Å². The van der Waals surface area contributed by atoms with E-state index in [2.05, 4.69) is 55.1 Å². The van der Waals surface area contributed by atoms with Gasteiger partial charge in [0.25, 0.3) is 0 Å². The largest absolute Gasteiger partial charge is 0.507 e. The van der Waals surface area contributed by atoms with Crippen molar-refractivity contribution in [2.24, 2.45) is 0 Å². The van der Waals surface area contributed by atoms with E-state index in [-0.39, 0.29) is 6.61 Å². The monoisotopic (exact) mass is 554 g/mol. The third-order valence-electron chi connectivity index (χ3n) is 3.40. The summed E-state index contributed by atoms with van der Waals surface area (Å²) in [4.78, 5) is 6.56. The summed E-state index contributed by atoms with van der Waals surface area (Å²) in [6.45, 7) is 2.86. The number of phenols is 1. The number of aromatic hydroxyl groups is 1. The van der Waals surface area contributed by atoms with Crippen LogP contribution in [0.5, 0.6) is 5.75 Å². The van der Waals surface area contributed by atoms with Gasteiger partial charge in [-0.2, -0.15) is 0 Å². The summed E-state index contributed by atoms with van der Waals surface area (Å²) in [6.07, 6.45) is 1.78. The number of aliphatic hydroxyl groups excluding tert-OH is 1. The van der Waals surface area contributed by atoms with Crippen molar-refractivity contribution < 1.29 is 14.9 Å². The van der Waals surface area contributed by atoms with E-state index >= 15 is 0 Å². The number of ether oxygens (including phenoxy) is 1. The molecule has 1 aromatic carbocycles. The first-order chi connectivity index (χ1) is 11.6. The molecule has 0 amide bonds. The normalized spacial score (nSPS) is 11.2. The van der Waals surface area contributed by atoms with E-state index in [0.29, 0.717) is 38.6 Å². The van der Waals surface area contributed by atoms with E-state index in [4.69, 9.17) is 9.84 Å². The molecule has 24 heavy (non-hydrogen) atoms. The summed E-state index contributed by atoms with van der Waals surface area (Å²) in [5.74, 6) is 0.332. The van der Waals surface area contributed by atoms with E-state index in [1.807, 2.05) is 30.3 Å². The summed E-state index contributed by atoms with van der Waals surface area (Å²) >= 11 is 4.41. The van der Waals surface area contributed by atoms with Crippen molar-refractivity contribution >= 4 is 45.2 Å². The molecule has 0 saturated heterocycles. The maximum absolute atomic E-state index is 10.3. The molecule has 7 heteroatoms. The number of aromatic nitrogens is 1. The number of hydrogen-bond donors (Lipinski definition) is 2. The first-order valence-electron chi connectivity index (χ1n) is 7.58. The first-order valence-corrected chi connectivity index (χ1v) is 9.73. The number of aliphatic hydroxyl groups is 1. The molecule has 2 rings (SSSR count). The van der Waals surface area contributed by atoms with Gasteiger partial charge >= 0.3 is 0 Å². The Morgan fingerprint density at radius 3 is 2.67 bits per heavy atom. The van der Waals surface area contributed by atoms with Crippen LogP contribution in [0.25, 0.3) is 0 Å². The molecular weight excluding hydrogens is 534 g/mol. The lowest BCUT2D eigenvalue weighted by atomic mass is 10.2. The summed E-state index contributed by atoms with van der Waals surface area (Å²) in [6, 6.07) is 9.80. The van der Waals surface area contributed by atoms with Crippen molar-refractivity contribution in [3.05, 3.63) is 54.9 Å². The van der Waals surface area contributed by atoms with Gasteiger partial charge in [0.1, 0.15) is 5.75 Å². The second kappa shape index (κ2) is 10.5. The molecule has 0 radical (unpaired) electrons. The molecule has 1 aromatic heterocycles. The Labute approximate surface area is 169 Å². The molecule has 0 atom stereocenters. The van der Waals surface area contributed by atoms with Crippen molar-refractivity contribution in [1.82, 2.24) is 9.88 Å². The quantitative estimate of drug-likeness (QED) is 0.369. The van der Waals surface area contributed by atoms with Gasteiger partial charge in [0.2, 0.25) is 0 Å². The minimum atomic E-state index is 0.0239. The number of halogens is 2. The van der Waals surface area contributed by atoms with Crippen LogP contribution in [-0.2, 0) is 17.8 Å². The lowest BCUT2D eigenvalue weighted by Gasteiger charge is -2.23. The fourth-order valence-corrected chi connectivity index (χ4v) is 4.24. The number of phenolic OH excluding ortho intramolecular Hbond substituents is 1. The zero-order valence-corrected chi connectivity index (χ0v) is 17.5. The third-order valence-corrected chi connectivity index (χ3v) is 4.85. The van der Waals surface area contributed by atoms with E-state index in [1.165, 1.54) is 0 Å². The van der Waals surface area contributed by atoms with Crippen LogP contribution in [0, 0.1) is 7.14 Å². The van der Waals surface area contributed by atoms with Gasteiger partial charge in [0, 0.05) is 35.0 Å². The Morgan fingerprint density at radius 2 is 1.96 bits per heavy atom. The molecule has 0 aliphatic heterocycles. The molecule has 0 fully saturated rings. The van der Waals surface area contributed by atoms with Crippen molar-refractivity contribution in [2.75, 3.05) is 26.4 Å². The van der Waals surface area contributed by atoms with Gasteiger partial charge < -0.3 is 14.9 Å². The van der Waals surface area contributed by atoms with Crippen LogP contribution in [0.15, 0.2) is 36.5 Å².